The number of nitrogens with zero attached hydrogens (tertiary/aromatic N) is 4. The fourth-order valence-electron chi connectivity index (χ4n) is 3.99. The number of thiazole rings is 1. The minimum Gasteiger partial charge on any atom is -0.494 e. The first-order valence-corrected chi connectivity index (χ1v) is 10.7. The van der Waals surface area contributed by atoms with Gasteiger partial charge in [0.05, 0.1) is 23.2 Å². The number of halogens is 1. The Hall–Kier alpha value is -2.45. The zero-order chi connectivity index (χ0) is 20.0. The van der Waals surface area contributed by atoms with Gasteiger partial charge in [0.25, 0.3) is 0 Å². The Labute approximate surface area is 172 Å². The summed E-state index contributed by atoms with van der Waals surface area (Å²) < 4.78 is 19.6. The molecule has 1 atom stereocenters. The molecule has 29 heavy (non-hydrogen) atoms. The Kier molecular flexibility index (Phi) is 4.75. The molecule has 0 spiro atoms. The molecule has 1 aromatic carbocycles. The largest absolute Gasteiger partial charge is 0.494 e. The Morgan fingerprint density at radius 2 is 2.10 bits per heavy atom. The number of rotatable bonds is 5. The molecule has 5 rings (SSSR count). The molecule has 2 aliphatic heterocycles. The van der Waals surface area contributed by atoms with Crippen LogP contribution < -0.4 is 14.5 Å². The van der Waals surface area contributed by atoms with Crippen LogP contribution in [0.2, 0.25) is 0 Å². The summed E-state index contributed by atoms with van der Waals surface area (Å²) in [5.41, 5.74) is 2.47. The highest BCUT2D eigenvalue weighted by molar-refractivity contribution is 7.18. The third kappa shape index (κ3) is 3.30. The number of ether oxygens (including phenoxy) is 1. The zero-order valence-corrected chi connectivity index (χ0v) is 17.1. The first-order valence-electron chi connectivity index (χ1n) is 9.91. The Balaban J connectivity index is 1.62. The number of methoxy groups -OCH3 is 1. The van der Waals surface area contributed by atoms with E-state index in [9.17, 15) is 9.50 Å². The first kappa shape index (κ1) is 18.6. The average molecular weight is 415 g/mol. The Morgan fingerprint density at radius 3 is 2.79 bits per heavy atom. The summed E-state index contributed by atoms with van der Waals surface area (Å²) >= 11 is 1.64. The maximum Gasteiger partial charge on any atom is 0.185 e. The molecule has 2 aromatic heterocycles. The Bertz CT molecular complexity index is 1050. The summed E-state index contributed by atoms with van der Waals surface area (Å²) in [5.74, 6) is 0.0334. The molecule has 0 radical (unpaired) electrons. The minimum absolute atomic E-state index is 0.169. The van der Waals surface area contributed by atoms with Crippen LogP contribution in [-0.4, -0.2) is 55.0 Å². The number of fused-ring (bicyclic) bond motifs is 1. The van der Waals surface area contributed by atoms with E-state index in [0.717, 1.165) is 59.4 Å². The molecule has 4 heterocycles. The van der Waals surface area contributed by atoms with Gasteiger partial charge in [0.2, 0.25) is 0 Å². The van der Waals surface area contributed by atoms with Crippen LogP contribution in [-0.2, 0) is 0 Å². The predicted octanol–water partition coefficient (Wildman–Crippen LogP) is 3.53. The number of hydrogen-bond donors (Lipinski definition) is 1. The molecule has 6 nitrogen and oxygen atoms in total. The number of aromatic nitrogens is 2. The predicted molar refractivity (Wildman–Crippen MR) is 114 cm³/mol. The lowest BCUT2D eigenvalue weighted by Gasteiger charge is -2.30. The second-order valence-corrected chi connectivity index (χ2v) is 8.67. The van der Waals surface area contributed by atoms with Crippen LogP contribution in [0.15, 0.2) is 24.4 Å². The van der Waals surface area contributed by atoms with Gasteiger partial charge in [-0.3, -0.25) is 0 Å². The van der Waals surface area contributed by atoms with Crippen LogP contribution in [0.4, 0.5) is 15.2 Å². The average Bonchev–Trinajstić information content (AvgIpc) is 3.35. The van der Waals surface area contributed by atoms with Crippen LogP contribution in [0.3, 0.4) is 0 Å². The quantitative estimate of drug-likeness (QED) is 0.689. The van der Waals surface area contributed by atoms with Crippen molar-refractivity contribution in [2.24, 2.45) is 5.92 Å². The van der Waals surface area contributed by atoms with Crippen LogP contribution in [0.25, 0.3) is 21.5 Å². The van der Waals surface area contributed by atoms with Gasteiger partial charge in [-0.1, -0.05) is 11.3 Å². The standard InChI is InChI=1S/C21H23FN4O2S/c1-28-19-9-16-14(7-15(19)22)18(26-6-3-13(11-26)12-27)8-17(24-16)20-10-23-21(29-20)25-4-2-5-25/h7-10,13,27H,2-6,11-12H2,1H3. The van der Waals surface area contributed by atoms with Crippen LogP contribution in [0, 0.1) is 11.7 Å². The van der Waals surface area contributed by atoms with Crippen molar-refractivity contribution in [2.75, 3.05) is 49.7 Å². The van der Waals surface area contributed by atoms with Gasteiger partial charge >= 0.3 is 0 Å². The molecule has 0 aliphatic carbocycles. The molecular formula is C21H23FN4O2S. The fraction of sp³-hybridized carbons (Fsp3) is 0.429. The van der Waals surface area contributed by atoms with Gasteiger partial charge in [0.1, 0.15) is 0 Å². The molecule has 0 amide bonds. The van der Waals surface area contributed by atoms with Crippen molar-refractivity contribution in [2.45, 2.75) is 12.8 Å². The zero-order valence-electron chi connectivity index (χ0n) is 16.3. The number of benzene rings is 1. The fourth-order valence-corrected chi connectivity index (χ4v) is 4.92. The van der Waals surface area contributed by atoms with Gasteiger partial charge in [-0.15, -0.1) is 0 Å². The van der Waals surface area contributed by atoms with Crippen LogP contribution in [0.1, 0.15) is 12.8 Å². The number of hydrogen-bond acceptors (Lipinski definition) is 7. The number of pyridine rings is 1. The van der Waals surface area contributed by atoms with Gasteiger partial charge in [-0.05, 0) is 25.0 Å². The number of anilines is 2. The van der Waals surface area contributed by atoms with E-state index in [-0.39, 0.29) is 18.3 Å². The molecule has 1 N–H and O–H groups in total. The van der Waals surface area contributed by atoms with Gasteiger partial charge in [0.15, 0.2) is 16.7 Å². The molecule has 8 heteroatoms. The topological polar surface area (TPSA) is 61.7 Å². The summed E-state index contributed by atoms with van der Waals surface area (Å²) in [4.78, 5) is 14.9. The van der Waals surface area contributed by atoms with E-state index in [1.807, 2.05) is 12.3 Å². The lowest BCUT2D eigenvalue weighted by Crippen LogP contribution is -2.36. The summed E-state index contributed by atoms with van der Waals surface area (Å²) in [7, 11) is 1.46. The maximum absolute atomic E-state index is 14.5. The van der Waals surface area contributed by atoms with E-state index in [2.05, 4.69) is 14.8 Å². The Morgan fingerprint density at radius 1 is 1.24 bits per heavy atom. The molecule has 3 aromatic rings. The maximum atomic E-state index is 14.5. The van der Waals surface area contributed by atoms with Gasteiger partial charge in [-0.25, -0.2) is 14.4 Å². The normalized spacial score (nSPS) is 19.1. The van der Waals surface area contributed by atoms with Crippen molar-refractivity contribution in [3.8, 4) is 16.3 Å². The van der Waals surface area contributed by atoms with Gasteiger partial charge in [-0.2, -0.15) is 0 Å². The number of aliphatic hydroxyl groups is 1. The van der Waals surface area contributed by atoms with E-state index < -0.39 is 5.82 Å². The third-order valence-electron chi connectivity index (χ3n) is 5.82. The van der Waals surface area contributed by atoms with E-state index in [1.54, 1.807) is 17.4 Å². The van der Waals surface area contributed by atoms with Crippen molar-refractivity contribution >= 4 is 33.1 Å². The van der Waals surface area contributed by atoms with E-state index >= 15 is 0 Å². The molecule has 0 bridgehead atoms. The molecule has 0 saturated carbocycles. The molecule has 1 unspecified atom stereocenters. The summed E-state index contributed by atoms with van der Waals surface area (Å²) in [6, 6.07) is 5.20. The highest BCUT2D eigenvalue weighted by atomic mass is 32.1. The molecule has 2 fully saturated rings. The first-order chi connectivity index (χ1) is 14.2. The molecule has 2 saturated heterocycles. The minimum atomic E-state index is -0.397. The van der Waals surface area contributed by atoms with E-state index in [1.165, 1.54) is 19.6 Å². The summed E-state index contributed by atoms with van der Waals surface area (Å²) in [6.45, 7) is 3.86. The SMILES string of the molecule is COc1cc2nc(-c3cnc(N4CCC4)s3)cc(N3CCC(CO)C3)c2cc1F. The smallest absolute Gasteiger partial charge is 0.185 e. The lowest BCUT2D eigenvalue weighted by molar-refractivity contribution is 0.238. The molecular weight excluding hydrogens is 391 g/mol. The highest BCUT2D eigenvalue weighted by Crippen LogP contribution is 2.39. The van der Waals surface area contributed by atoms with Crippen LogP contribution in [0.5, 0.6) is 5.75 Å². The molecule has 2 aliphatic rings. The number of aliphatic hydroxyl groups excluding tert-OH is 1. The van der Waals surface area contributed by atoms with E-state index in [0.29, 0.717) is 5.52 Å². The van der Waals surface area contributed by atoms with Gasteiger partial charge < -0.3 is 19.6 Å². The highest BCUT2D eigenvalue weighted by Gasteiger charge is 2.25. The van der Waals surface area contributed by atoms with Crippen molar-refractivity contribution < 1.29 is 14.2 Å². The molecule has 152 valence electrons. The van der Waals surface area contributed by atoms with Crippen molar-refractivity contribution in [3.05, 3.63) is 30.2 Å². The monoisotopic (exact) mass is 414 g/mol. The van der Waals surface area contributed by atoms with Crippen molar-refractivity contribution in [3.63, 3.8) is 0 Å². The lowest BCUT2D eigenvalue weighted by atomic mass is 10.1. The van der Waals surface area contributed by atoms with Crippen molar-refractivity contribution in [1.82, 2.24) is 9.97 Å². The third-order valence-corrected chi connectivity index (χ3v) is 6.90. The van der Waals surface area contributed by atoms with E-state index in [4.69, 9.17) is 9.72 Å². The summed E-state index contributed by atoms with van der Waals surface area (Å²) in [6.07, 6.45) is 4.01. The second kappa shape index (κ2) is 7.42. The van der Waals surface area contributed by atoms with Crippen LogP contribution >= 0.6 is 11.3 Å². The van der Waals surface area contributed by atoms with Gasteiger partial charge in [0, 0.05) is 62.0 Å². The second-order valence-electron chi connectivity index (χ2n) is 7.66. The van der Waals surface area contributed by atoms with Crippen molar-refractivity contribution in [1.29, 1.82) is 0 Å². The summed E-state index contributed by atoms with van der Waals surface area (Å²) in [5, 5.41) is 11.3.